The summed E-state index contributed by atoms with van der Waals surface area (Å²) in [6.07, 6.45) is 9.92. The summed E-state index contributed by atoms with van der Waals surface area (Å²) in [6.45, 7) is 27.3. The number of thiophene rings is 1. The molecule has 3 nitrogen and oxygen atoms in total. The Morgan fingerprint density at radius 2 is 1.18 bits per heavy atom. The van der Waals surface area contributed by atoms with Crippen LogP contribution in [0.2, 0.25) is 0 Å². The maximum atomic E-state index is 2.90. The molecule has 0 saturated heterocycles. The van der Waals surface area contributed by atoms with Crippen LogP contribution in [0.4, 0.5) is 39.8 Å². The molecule has 4 aliphatic heterocycles. The van der Waals surface area contributed by atoms with E-state index in [4.69, 9.17) is 0 Å². The molecule has 0 radical (unpaired) electrons. The quantitative estimate of drug-likeness (QED) is 0.160. The molecule has 0 bridgehead atoms. The first-order valence-electron chi connectivity index (χ1n) is 25.3. The molecular formula is C61H66BN3S. The van der Waals surface area contributed by atoms with Crippen molar-refractivity contribution >= 4 is 94.4 Å². The first-order valence-corrected chi connectivity index (χ1v) is 26.1. The van der Waals surface area contributed by atoms with Gasteiger partial charge in [0.1, 0.15) is 0 Å². The van der Waals surface area contributed by atoms with Gasteiger partial charge in [-0.2, -0.15) is 0 Å². The molecule has 6 aliphatic rings. The van der Waals surface area contributed by atoms with E-state index in [2.05, 4.69) is 194 Å². The van der Waals surface area contributed by atoms with Gasteiger partial charge < -0.3 is 14.7 Å². The Kier molecular flexibility index (Phi) is 8.22. The summed E-state index contributed by atoms with van der Waals surface area (Å²) in [5.74, 6) is 0. The Morgan fingerprint density at radius 1 is 0.530 bits per heavy atom. The molecule has 2 aliphatic carbocycles. The van der Waals surface area contributed by atoms with E-state index in [1.807, 2.05) is 11.3 Å². The third-order valence-corrected chi connectivity index (χ3v) is 20.0. The average molecular weight is 884 g/mol. The van der Waals surface area contributed by atoms with Gasteiger partial charge in [-0.3, -0.25) is 0 Å². The zero-order valence-corrected chi connectivity index (χ0v) is 42.1. The van der Waals surface area contributed by atoms with E-state index in [0.717, 1.165) is 0 Å². The van der Waals surface area contributed by atoms with Gasteiger partial charge in [-0.15, -0.1) is 11.3 Å². The van der Waals surface area contributed by atoms with E-state index in [1.54, 1.807) is 5.56 Å². The fourth-order valence-corrected chi connectivity index (χ4v) is 16.0. The second kappa shape index (κ2) is 13.2. The second-order valence-electron chi connectivity index (χ2n) is 24.5. The van der Waals surface area contributed by atoms with Crippen LogP contribution < -0.4 is 31.1 Å². The molecule has 4 atom stereocenters. The molecule has 0 spiro atoms. The molecule has 4 unspecified atom stereocenters. The van der Waals surface area contributed by atoms with Crippen molar-refractivity contribution in [3.8, 4) is 0 Å². The maximum Gasteiger partial charge on any atom is 0.252 e. The number of anilines is 7. The standard InChI is InChI=1S/C61H66BN3S/c1-37-31-49-54-50(32-37)65-55-43(59(9)28-15-17-30-61(59,65)11)34-39(57(5,6)7)35-45(55)62(54)44-25-24-40(36-48(44)63(49)47-20-18-22-52-53(47)41-19-12-13-21-51(41)66-52)64-46-26-23-38(56(2,3)4)33-42(46)58(8)27-14-16-29-60(58,64)10/h12-13,18-26,31-36H,14-17,27-30H2,1-11H3. The SMILES string of the molecule is Cc1cc2c3c(c1)N1c4c(cc(C(C)(C)C)cc4C4(C)CCCCC14C)B3c1ccc(N3c4ccc(C(C)(C)C)cc4C4(C)CCCCC34C)cc1N2c1cccc2sc3ccccc3c12. The average Bonchev–Trinajstić information content (AvgIpc) is 3.83. The molecule has 13 rings (SSSR count). The van der Waals surface area contributed by atoms with Gasteiger partial charge in [0, 0.05) is 65.1 Å². The van der Waals surface area contributed by atoms with Crippen molar-refractivity contribution in [2.75, 3.05) is 14.7 Å². The van der Waals surface area contributed by atoms with Crippen LogP contribution in [0.1, 0.15) is 148 Å². The molecule has 66 heavy (non-hydrogen) atoms. The number of hydrogen-bond donors (Lipinski definition) is 0. The fraction of sp³-hybridized carbons (Fsp3) is 0.410. The molecule has 5 heteroatoms. The van der Waals surface area contributed by atoms with Crippen LogP contribution in [0.5, 0.6) is 0 Å². The highest BCUT2D eigenvalue weighted by molar-refractivity contribution is 7.26. The van der Waals surface area contributed by atoms with Gasteiger partial charge in [-0.05, 0) is 150 Å². The van der Waals surface area contributed by atoms with Crippen LogP contribution >= 0.6 is 11.3 Å². The van der Waals surface area contributed by atoms with Crippen LogP contribution in [-0.2, 0) is 21.7 Å². The third kappa shape index (κ3) is 5.06. The van der Waals surface area contributed by atoms with Crippen molar-refractivity contribution in [1.29, 1.82) is 0 Å². The highest BCUT2D eigenvalue weighted by Gasteiger charge is 2.62. The first-order chi connectivity index (χ1) is 31.4. The fourth-order valence-electron chi connectivity index (χ4n) is 14.8. The Morgan fingerprint density at radius 3 is 1.92 bits per heavy atom. The van der Waals surface area contributed by atoms with Gasteiger partial charge in [0.15, 0.2) is 0 Å². The predicted molar refractivity (Wildman–Crippen MR) is 286 cm³/mol. The summed E-state index contributed by atoms with van der Waals surface area (Å²) in [6, 6.07) is 41.9. The zero-order chi connectivity index (χ0) is 45.7. The van der Waals surface area contributed by atoms with Crippen molar-refractivity contribution in [2.24, 2.45) is 0 Å². The zero-order valence-electron chi connectivity index (χ0n) is 41.3. The van der Waals surface area contributed by atoms with E-state index in [0.29, 0.717) is 0 Å². The smallest absolute Gasteiger partial charge is 0.252 e. The molecule has 334 valence electrons. The highest BCUT2D eigenvalue weighted by atomic mass is 32.1. The van der Waals surface area contributed by atoms with Crippen LogP contribution in [0.3, 0.4) is 0 Å². The van der Waals surface area contributed by atoms with Gasteiger partial charge in [0.05, 0.1) is 16.8 Å². The van der Waals surface area contributed by atoms with Crippen LogP contribution in [0.15, 0.2) is 103 Å². The number of rotatable bonds is 2. The molecule has 7 aromatic rings. The molecule has 5 heterocycles. The van der Waals surface area contributed by atoms with Crippen LogP contribution in [-0.4, -0.2) is 17.8 Å². The molecule has 1 aromatic heterocycles. The second-order valence-corrected chi connectivity index (χ2v) is 25.6. The molecule has 0 amide bonds. The van der Waals surface area contributed by atoms with Crippen molar-refractivity contribution in [3.63, 3.8) is 0 Å². The Labute approximate surface area is 398 Å². The topological polar surface area (TPSA) is 9.72 Å². The Balaban J connectivity index is 1.13. The van der Waals surface area contributed by atoms with E-state index in [9.17, 15) is 0 Å². The minimum atomic E-state index is -0.0581. The van der Waals surface area contributed by atoms with Gasteiger partial charge >= 0.3 is 0 Å². The first kappa shape index (κ1) is 41.2. The number of fused-ring (bicyclic) bond motifs is 13. The Bertz CT molecular complexity index is 3260. The van der Waals surface area contributed by atoms with Gasteiger partial charge in [-0.25, -0.2) is 0 Å². The van der Waals surface area contributed by atoms with Gasteiger partial charge in [0.2, 0.25) is 0 Å². The summed E-state index contributed by atoms with van der Waals surface area (Å²) in [5.41, 5.74) is 21.5. The maximum absolute atomic E-state index is 2.90. The molecule has 6 aromatic carbocycles. The predicted octanol–water partition coefficient (Wildman–Crippen LogP) is 15.1. The van der Waals surface area contributed by atoms with Crippen LogP contribution in [0.25, 0.3) is 20.2 Å². The van der Waals surface area contributed by atoms with Crippen molar-refractivity contribution in [3.05, 3.63) is 131 Å². The lowest BCUT2D eigenvalue weighted by atomic mass is 9.33. The largest absolute Gasteiger partial charge is 0.335 e. The lowest BCUT2D eigenvalue weighted by Crippen LogP contribution is -2.64. The van der Waals surface area contributed by atoms with Gasteiger partial charge in [-0.1, -0.05) is 136 Å². The normalized spacial score (nSPS) is 26.0. The molecular weight excluding hydrogens is 818 g/mol. The van der Waals surface area contributed by atoms with Crippen molar-refractivity contribution in [2.45, 2.75) is 160 Å². The monoisotopic (exact) mass is 884 g/mol. The molecule has 2 fully saturated rings. The minimum absolute atomic E-state index is 0.0118. The highest BCUT2D eigenvalue weighted by Crippen LogP contribution is 2.64. The lowest BCUT2D eigenvalue weighted by molar-refractivity contribution is 0.195. The van der Waals surface area contributed by atoms with Crippen molar-refractivity contribution in [1.82, 2.24) is 0 Å². The summed E-state index contributed by atoms with van der Waals surface area (Å²) in [7, 11) is 0. The van der Waals surface area contributed by atoms with E-state index in [-0.39, 0.29) is 39.5 Å². The minimum Gasteiger partial charge on any atom is -0.335 e. The van der Waals surface area contributed by atoms with Crippen molar-refractivity contribution < 1.29 is 0 Å². The summed E-state index contributed by atoms with van der Waals surface area (Å²) >= 11 is 1.93. The number of benzene rings is 6. The number of hydrogen-bond acceptors (Lipinski definition) is 4. The van der Waals surface area contributed by atoms with Crippen LogP contribution in [0, 0.1) is 6.92 Å². The summed E-state index contributed by atoms with van der Waals surface area (Å²) < 4.78 is 2.69. The van der Waals surface area contributed by atoms with E-state index < -0.39 is 0 Å². The van der Waals surface area contributed by atoms with Gasteiger partial charge in [0.25, 0.3) is 6.71 Å². The third-order valence-electron chi connectivity index (χ3n) is 18.9. The summed E-state index contributed by atoms with van der Waals surface area (Å²) in [4.78, 5) is 8.46. The lowest BCUT2D eigenvalue weighted by Gasteiger charge is -2.53. The number of aryl methyl sites for hydroxylation is 1. The Hall–Kier alpha value is -5.00. The van der Waals surface area contributed by atoms with E-state index in [1.165, 1.54) is 150 Å². The molecule has 0 N–H and O–H groups in total. The van der Waals surface area contributed by atoms with E-state index >= 15 is 0 Å². The molecule has 2 saturated carbocycles. The summed E-state index contributed by atoms with van der Waals surface area (Å²) in [5, 5.41) is 2.70. The number of nitrogens with zero attached hydrogens (tertiary/aromatic N) is 3.